The Morgan fingerprint density at radius 3 is 2.52 bits per heavy atom. The molecule has 0 atom stereocenters. The fraction of sp³-hybridized carbons (Fsp3) is 0.400. The molecule has 0 aliphatic carbocycles. The van der Waals surface area contributed by atoms with Crippen LogP contribution in [0.2, 0.25) is 0 Å². The number of rotatable bonds is 4. The molecular formula is C15H17F3N2O. The van der Waals surface area contributed by atoms with Crippen LogP contribution in [-0.4, -0.2) is 9.55 Å². The van der Waals surface area contributed by atoms with E-state index in [1.54, 1.807) is 6.20 Å². The topological polar surface area (TPSA) is 27.1 Å². The van der Waals surface area contributed by atoms with Crippen molar-refractivity contribution < 1.29 is 17.9 Å². The molecule has 2 rings (SSSR count). The van der Waals surface area contributed by atoms with Gasteiger partial charge in [0.2, 0.25) is 0 Å². The zero-order valence-corrected chi connectivity index (χ0v) is 12.1. The van der Waals surface area contributed by atoms with Crippen molar-refractivity contribution >= 4 is 0 Å². The van der Waals surface area contributed by atoms with Crippen LogP contribution in [0.3, 0.4) is 0 Å². The van der Waals surface area contributed by atoms with Crippen LogP contribution in [0.5, 0.6) is 5.75 Å². The summed E-state index contributed by atoms with van der Waals surface area (Å²) in [4.78, 5) is 4.20. The van der Waals surface area contributed by atoms with E-state index in [1.807, 2.05) is 25.3 Å². The van der Waals surface area contributed by atoms with Gasteiger partial charge in [0.05, 0.1) is 5.56 Å². The second-order valence-electron chi connectivity index (χ2n) is 5.06. The van der Waals surface area contributed by atoms with Crippen LogP contribution < -0.4 is 4.74 Å². The molecule has 0 aliphatic rings. The van der Waals surface area contributed by atoms with Gasteiger partial charge in [0.25, 0.3) is 0 Å². The first-order valence-electron chi connectivity index (χ1n) is 6.62. The van der Waals surface area contributed by atoms with Crippen LogP contribution in [0.4, 0.5) is 13.2 Å². The Kier molecular flexibility index (Phi) is 4.25. The molecular weight excluding hydrogens is 281 g/mol. The normalized spacial score (nSPS) is 12.0. The second kappa shape index (κ2) is 5.79. The summed E-state index contributed by atoms with van der Waals surface area (Å²) >= 11 is 0. The summed E-state index contributed by atoms with van der Waals surface area (Å²) in [6.45, 7) is 5.88. The van der Waals surface area contributed by atoms with E-state index in [1.165, 1.54) is 18.2 Å². The van der Waals surface area contributed by atoms with E-state index in [2.05, 4.69) is 4.98 Å². The molecule has 1 aromatic carbocycles. The Balaban J connectivity index is 2.22. The van der Waals surface area contributed by atoms with Crippen molar-refractivity contribution in [1.29, 1.82) is 0 Å². The summed E-state index contributed by atoms with van der Waals surface area (Å²) in [6.07, 6.45) is -2.74. The second-order valence-corrected chi connectivity index (χ2v) is 5.06. The SMILES string of the molecule is Cc1cnc(COc2ccccc2C(F)(F)F)n1C(C)C. The molecule has 6 heteroatoms. The summed E-state index contributed by atoms with van der Waals surface area (Å²) in [6, 6.07) is 5.36. The molecule has 0 N–H and O–H groups in total. The van der Waals surface area contributed by atoms with Gasteiger partial charge < -0.3 is 9.30 Å². The van der Waals surface area contributed by atoms with Gasteiger partial charge in [0.15, 0.2) is 0 Å². The van der Waals surface area contributed by atoms with Crippen LogP contribution in [0, 0.1) is 6.92 Å². The molecule has 0 amide bonds. The number of imidazole rings is 1. The standard InChI is InChI=1S/C15H17F3N2O/c1-10(2)20-11(3)8-19-14(20)9-21-13-7-5-4-6-12(13)15(16,17)18/h4-8,10H,9H2,1-3H3. The van der Waals surface area contributed by atoms with Crippen molar-refractivity contribution in [3.63, 3.8) is 0 Å². The average molecular weight is 298 g/mol. The third kappa shape index (κ3) is 3.37. The number of hydrogen-bond donors (Lipinski definition) is 0. The number of ether oxygens (including phenoxy) is 1. The molecule has 3 nitrogen and oxygen atoms in total. The fourth-order valence-corrected chi connectivity index (χ4v) is 2.28. The average Bonchev–Trinajstić information content (AvgIpc) is 2.77. The highest BCUT2D eigenvalue weighted by Crippen LogP contribution is 2.36. The molecule has 2 aromatic rings. The van der Waals surface area contributed by atoms with Crippen molar-refractivity contribution in [2.45, 2.75) is 39.6 Å². The lowest BCUT2D eigenvalue weighted by Crippen LogP contribution is -2.13. The number of halogens is 3. The van der Waals surface area contributed by atoms with E-state index in [-0.39, 0.29) is 18.4 Å². The molecule has 21 heavy (non-hydrogen) atoms. The first-order valence-corrected chi connectivity index (χ1v) is 6.62. The summed E-state index contributed by atoms with van der Waals surface area (Å²) in [5, 5.41) is 0. The van der Waals surface area contributed by atoms with Gasteiger partial charge in [-0.3, -0.25) is 0 Å². The zero-order chi connectivity index (χ0) is 15.6. The minimum absolute atomic E-state index is 0.000880. The predicted octanol–water partition coefficient (Wildman–Crippen LogP) is 4.37. The molecule has 0 aliphatic heterocycles. The largest absolute Gasteiger partial charge is 0.485 e. The Morgan fingerprint density at radius 2 is 1.90 bits per heavy atom. The third-order valence-electron chi connectivity index (χ3n) is 3.12. The van der Waals surface area contributed by atoms with Crippen molar-refractivity contribution in [3.05, 3.63) is 47.5 Å². The minimum Gasteiger partial charge on any atom is -0.485 e. The zero-order valence-electron chi connectivity index (χ0n) is 12.1. The number of aromatic nitrogens is 2. The van der Waals surface area contributed by atoms with Crippen LogP contribution in [0.25, 0.3) is 0 Å². The van der Waals surface area contributed by atoms with E-state index in [4.69, 9.17) is 4.74 Å². The van der Waals surface area contributed by atoms with E-state index in [0.29, 0.717) is 5.82 Å². The maximum absolute atomic E-state index is 12.9. The van der Waals surface area contributed by atoms with Gasteiger partial charge in [-0.15, -0.1) is 0 Å². The lowest BCUT2D eigenvalue weighted by Gasteiger charge is -2.16. The molecule has 0 unspecified atom stereocenters. The molecule has 1 aromatic heterocycles. The molecule has 114 valence electrons. The Bertz CT molecular complexity index is 618. The quantitative estimate of drug-likeness (QED) is 0.838. The first kappa shape index (κ1) is 15.4. The van der Waals surface area contributed by atoms with Gasteiger partial charge in [-0.05, 0) is 32.9 Å². The number of alkyl halides is 3. The number of nitrogens with zero attached hydrogens (tertiary/aromatic N) is 2. The molecule has 0 saturated carbocycles. The lowest BCUT2D eigenvalue weighted by atomic mass is 10.2. The molecule has 1 heterocycles. The molecule has 0 radical (unpaired) electrons. The van der Waals surface area contributed by atoms with Crippen LogP contribution >= 0.6 is 0 Å². The van der Waals surface area contributed by atoms with Gasteiger partial charge in [-0.2, -0.15) is 13.2 Å². The smallest absolute Gasteiger partial charge is 0.419 e. The van der Waals surface area contributed by atoms with Gasteiger partial charge in [0.1, 0.15) is 18.2 Å². The van der Waals surface area contributed by atoms with E-state index in [9.17, 15) is 13.2 Å². The Hall–Kier alpha value is -1.98. The number of para-hydroxylation sites is 1. The maximum Gasteiger partial charge on any atom is 0.419 e. The Morgan fingerprint density at radius 1 is 1.24 bits per heavy atom. The summed E-state index contributed by atoms with van der Waals surface area (Å²) < 4.78 is 45.9. The highest BCUT2D eigenvalue weighted by molar-refractivity contribution is 5.35. The monoisotopic (exact) mass is 298 g/mol. The van der Waals surface area contributed by atoms with Crippen LogP contribution in [0.15, 0.2) is 30.5 Å². The molecule has 0 bridgehead atoms. The number of benzene rings is 1. The third-order valence-corrected chi connectivity index (χ3v) is 3.12. The minimum atomic E-state index is -4.43. The molecule has 0 fully saturated rings. The predicted molar refractivity (Wildman–Crippen MR) is 73.1 cm³/mol. The molecule has 0 saturated heterocycles. The van der Waals surface area contributed by atoms with Gasteiger partial charge in [0, 0.05) is 17.9 Å². The van der Waals surface area contributed by atoms with E-state index >= 15 is 0 Å². The molecule has 0 spiro atoms. The summed E-state index contributed by atoms with van der Waals surface area (Å²) in [5.74, 6) is 0.431. The van der Waals surface area contributed by atoms with Crippen molar-refractivity contribution in [2.24, 2.45) is 0 Å². The first-order chi connectivity index (χ1) is 9.80. The van der Waals surface area contributed by atoms with Crippen molar-refractivity contribution in [1.82, 2.24) is 9.55 Å². The van der Waals surface area contributed by atoms with Gasteiger partial charge in [-0.1, -0.05) is 12.1 Å². The highest BCUT2D eigenvalue weighted by Gasteiger charge is 2.34. The fourth-order valence-electron chi connectivity index (χ4n) is 2.28. The number of hydrogen-bond acceptors (Lipinski definition) is 2. The van der Waals surface area contributed by atoms with Gasteiger partial charge >= 0.3 is 6.18 Å². The number of aryl methyl sites for hydroxylation is 1. The Labute approximate surface area is 121 Å². The van der Waals surface area contributed by atoms with Gasteiger partial charge in [-0.25, -0.2) is 4.98 Å². The van der Waals surface area contributed by atoms with Crippen LogP contribution in [-0.2, 0) is 12.8 Å². The van der Waals surface area contributed by atoms with E-state index in [0.717, 1.165) is 11.8 Å². The summed E-state index contributed by atoms with van der Waals surface area (Å²) in [5.41, 5.74) is 0.178. The van der Waals surface area contributed by atoms with Crippen molar-refractivity contribution in [2.75, 3.05) is 0 Å². The van der Waals surface area contributed by atoms with E-state index < -0.39 is 11.7 Å². The van der Waals surface area contributed by atoms with Crippen molar-refractivity contribution in [3.8, 4) is 5.75 Å². The highest BCUT2D eigenvalue weighted by atomic mass is 19.4. The lowest BCUT2D eigenvalue weighted by molar-refractivity contribution is -0.139. The maximum atomic E-state index is 12.9. The summed E-state index contributed by atoms with van der Waals surface area (Å²) in [7, 11) is 0. The van der Waals surface area contributed by atoms with Crippen LogP contribution in [0.1, 0.15) is 37.0 Å².